The minimum atomic E-state index is -4.62. The number of likely N-dealkylation sites (tertiary alicyclic amines) is 1. The second-order valence-electron chi connectivity index (χ2n) is 13.4. The van der Waals surface area contributed by atoms with E-state index >= 15 is 0 Å². The first-order chi connectivity index (χ1) is 23.0. The Morgan fingerprint density at radius 1 is 1.12 bits per heavy atom. The minimum absolute atomic E-state index is 0.0173. The van der Waals surface area contributed by atoms with E-state index in [9.17, 15) is 31.5 Å². The number of aromatic nitrogens is 2. The van der Waals surface area contributed by atoms with Crippen LogP contribution in [-0.4, -0.2) is 58.4 Å². The number of fused-ring (bicyclic) bond motifs is 1. The minimum Gasteiger partial charge on any atom is -0.485 e. The molecule has 2 aliphatic heterocycles. The van der Waals surface area contributed by atoms with Gasteiger partial charge in [0, 0.05) is 30.8 Å². The Labute approximate surface area is 287 Å². The van der Waals surface area contributed by atoms with Crippen LogP contribution < -0.4 is 9.46 Å². The number of alkyl halides is 3. The molecular formula is C35H39F3N4O5S2. The van der Waals surface area contributed by atoms with Gasteiger partial charge in [-0.2, -0.15) is 18.3 Å². The van der Waals surface area contributed by atoms with Gasteiger partial charge in [-0.25, -0.2) is 13.1 Å². The number of ether oxygens (including phenoxy) is 1. The van der Waals surface area contributed by atoms with E-state index in [1.54, 1.807) is 32.0 Å². The van der Waals surface area contributed by atoms with E-state index in [4.69, 9.17) is 4.74 Å². The van der Waals surface area contributed by atoms with Crippen molar-refractivity contribution in [1.29, 1.82) is 0 Å². The molecule has 0 radical (unpaired) electrons. The van der Waals surface area contributed by atoms with Crippen molar-refractivity contribution in [2.45, 2.75) is 87.6 Å². The van der Waals surface area contributed by atoms with Crippen LogP contribution in [0.25, 0.3) is 10.6 Å². The van der Waals surface area contributed by atoms with Crippen molar-refractivity contribution in [2.75, 3.05) is 6.54 Å². The number of carbonyl (C=O) groups excluding carboxylic acids is 1. The predicted octanol–water partition coefficient (Wildman–Crippen LogP) is 6.57. The van der Waals surface area contributed by atoms with Crippen molar-refractivity contribution in [3.05, 3.63) is 88.1 Å². The van der Waals surface area contributed by atoms with Gasteiger partial charge in [-0.3, -0.25) is 9.48 Å². The van der Waals surface area contributed by atoms with E-state index in [1.807, 2.05) is 11.0 Å². The second-order valence-corrected chi connectivity index (χ2v) is 16.4. The van der Waals surface area contributed by atoms with Crippen LogP contribution in [-0.2, 0) is 29.7 Å². The third kappa shape index (κ3) is 6.88. The van der Waals surface area contributed by atoms with E-state index in [-0.39, 0.29) is 26.7 Å². The molecule has 3 atom stereocenters. The lowest BCUT2D eigenvalue weighted by Gasteiger charge is -2.42. The number of carbonyl (C=O) groups is 1. The number of aliphatic hydroxyl groups excluding tert-OH is 1. The number of sulfonamides is 1. The van der Waals surface area contributed by atoms with Gasteiger partial charge in [0.05, 0.1) is 10.9 Å². The van der Waals surface area contributed by atoms with E-state index in [0.29, 0.717) is 28.1 Å². The molecule has 0 bridgehead atoms. The van der Waals surface area contributed by atoms with E-state index in [1.165, 1.54) is 35.9 Å². The molecule has 2 aromatic heterocycles. The Morgan fingerprint density at radius 3 is 2.51 bits per heavy atom. The molecule has 4 heterocycles. The average molecular weight is 717 g/mol. The fraction of sp³-hybridized carbons (Fsp3) is 0.429. The summed E-state index contributed by atoms with van der Waals surface area (Å²) in [6.45, 7) is 8.07. The van der Waals surface area contributed by atoms with Gasteiger partial charge in [0.25, 0.3) is 15.9 Å². The highest BCUT2D eigenvalue weighted by Crippen LogP contribution is 2.42. The van der Waals surface area contributed by atoms with Crippen LogP contribution in [0.4, 0.5) is 13.2 Å². The van der Waals surface area contributed by atoms with Crippen LogP contribution in [0.15, 0.2) is 58.8 Å². The molecule has 4 aromatic rings. The Kier molecular flexibility index (Phi) is 9.22. The van der Waals surface area contributed by atoms with Gasteiger partial charge in [-0.05, 0) is 106 Å². The number of nitrogens with one attached hydrogen (secondary N) is 1. The van der Waals surface area contributed by atoms with Crippen molar-refractivity contribution in [3.63, 3.8) is 0 Å². The zero-order valence-corrected chi connectivity index (χ0v) is 29.5. The van der Waals surface area contributed by atoms with Gasteiger partial charge in [-0.15, -0.1) is 11.3 Å². The van der Waals surface area contributed by atoms with Gasteiger partial charge in [-0.1, -0.05) is 18.2 Å². The summed E-state index contributed by atoms with van der Waals surface area (Å²) in [4.78, 5) is 16.1. The number of thiophene rings is 1. The number of nitrogens with zero attached hydrogens (tertiary/aromatic N) is 3. The molecule has 1 saturated heterocycles. The summed E-state index contributed by atoms with van der Waals surface area (Å²) in [6.07, 6.45) is -2.53. The zero-order valence-electron chi connectivity index (χ0n) is 27.8. The molecule has 1 fully saturated rings. The molecule has 0 spiro atoms. The number of halogens is 3. The average Bonchev–Trinajstić information content (AvgIpc) is 3.78. The Bertz CT molecular complexity index is 1980. The van der Waals surface area contributed by atoms with E-state index in [0.717, 1.165) is 43.1 Å². The van der Waals surface area contributed by atoms with Crippen LogP contribution >= 0.6 is 11.3 Å². The van der Waals surface area contributed by atoms with Crippen LogP contribution in [0.2, 0.25) is 0 Å². The van der Waals surface area contributed by atoms with Crippen molar-refractivity contribution < 1.29 is 36.2 Å². The lowest BCUT2D eigenvalue weighted by atomic mass is 9.86. The molecule has 2 N–H and O–H groups in total. The monoisotopic (exact) mass is 716 g/mol. The van der Waals surface area contributed by atoms with Crippen LogP contribution in [0, 0.1) is 13.8 Å². The first-order valence-corrected chi connectivity index (χ1v) is 18.4. The van der Waals surface area contributed by atoms with Crippen LogP contribution in [0.5, 0.6) is 5.75 Å². The second kappa shape index (κ2) is 12.9. The summed E-state index contributed by atoms with van der Waals surface area (Å²) in [7, 11) is -3.14. The normalized spacial score (nSPS) is 20.7. The summed E-state index contributed by atoms with van der Waals surface area (Å²) < 4.78 is 76.7. The highest BCUT2D eigenvalue weighted by molar-refractivity contribution is 7.91. The molecule has 262 valence electrons. The fourth-order valence-electron chi connectivity index (χ4n) is 6.86. The van der Waals surface area contributed by atoms with Crippen molar-refractivity contribution in [2.24, 2.45) is 7.05 Å². The van der Waals surface area contributed by atoms with Crippen molar-refractivity contribution in [1.82, 2.24) is 19.4 Å². The molecule has 9 nitrogen and oxygen atoms in total. The van der Waals surface area contributed by atoms with Crippen LogP contribution in [0.1, 0.15) is 77.5 Å². The number of hydrogen-bond donors (Lipinski definition) is 2. The molecule has 1 amide bonds. The largest absolute Gasteiger partial charge is 0.485 e. The quantitative estimate of drug-likeness (QED) is 0.213. The third-order valence-electron chi connectivity index (χ3n) is 9.55. The summed E-state index contributed by atoms with van der Waals surface area (Å²) in [5.41, 5.74) is 2.24. The summed E-state index contributed by atoms with van der Waals surface area (Å²) in [5, 5.41) is 15.3. The number of hydrogen-bond acceptors (Lipinski definition) is 7. The fourth-order valence-corrected chi connectivity index (χ4v) is 9.36. The van der Waals surface area contributed by atoms with Gasteiger partial charge < -0.3 is 14.7 Å². The molecule has 14 heteroatoms. The van der Waals surface area contributed by atoms with Gasteiger partial charge in [0.15, 0.2) is 0 Å². The maximum Gasteiger partial charge on any atom is 0.433 e. The molecule has 6 rings (SSSR count). The lowest BCUT2D eigenvalue weighted by Crippen LogP contribution is -2.53. The third-order valence-corrected chi connectivity index (χ3v) is 12.6. The van der Waals surface area contributed by atoms with Gasteiger partial charge in [0.2, 0.25) is 0 Å². The molecule has 49 heavy (non-hydrogen) atoms. The number of aryl methyl sites for hydroxylation is 3. The Morgan fingerprint density at radius 2 is 1.84 bits per heavy atom. The Balaban J connectivity index is 1.25. The zero-order chi connectivity index (χ0) is 35.5. The highest BCUT2D eigenvalue weighted by Gasteiger charge is 2.45. The van der Waals surface area contributed by atoms with E-state index in [2.05, 4.69) is 35.8 Å². The lowest BCUT2D eigenvalue weighted by molar-refractivity contribution is -0.143. The number of benzene rings is 2. The molecule has 0 saturated carbocycles. The van der Waals surface area contributed by atoms with Gasteiger partial charge in [0.1, 0.15) is 33.1 Å². The SMILES string of the molecule is Cc1cccc(C)c1CC[C@H]1CCCN1C(=O)c1ccc2c(c1)[C@@H](NS(=O)(=O)c1ccc(-c3cc(C(F)(F)F)n(C)n3)s1)[C@H](O)C(C)(C)O2. The molecule has 2 aromatic carbocycles. The number of amides is 1. The standard InChI is InChI=1S/C35H39F3N4O5S2/c1-20-8-6-9-21(2)24(20)13-12-23-10-7-17-42(23)33(44)22-11-14-27-25(18-22)31(32(43)34(3,4)47-27)40-49(45,46)30-16-15-28(48-30)26-19-29(35(36,37)38)41(5)39-26/h6,8-9,11,14-16,18-19,23,31-32,40,43H,7,10,12-13,17H2,1-5H3/t23-,31-,32+/m1/s1. The smallest absolute Gasteiger partial charge is 0.433 e. The number of rotatable bonds is 8. The predicted molar refractivity (Wildman–Crippen MR) is 180 cm³/mol. The topological polar surface area (TPSA) is 114 Å². The summed E-state index contributed by atoms with van der Waals surface area (Å²) in [5.74, 6) is 0.150. The molecule has 0 aliphatic carbocycles. The Hall–Kier alpha value is -3.72. The van der Waals surface area contributed by atoms with Crippen LogP contribution in [0.3, 0.4) is 0 Å². The molecule has 2 aliphatic rings. The summed E-state index contributed by atoms with van der Waals surface area (Å²) in [6, 6.07) is 13.5. The highest BCUT2D eigenvalue weighted by atomic mass is 32.2. The number of aliphatic hydroxyl groups is 1. The van der Waals surface area contributed by atoms with Crippen molar-refractivity contribution >= 4 is 27.3 Å². The van der Waals surface area contributed by atoms with Crippen molar-refractivity contribution in [3.8, 4) is 16.3 Å². The first-order valence-electron chi connectivity index (χ1n) is 16.1. The first kappa shape index (κ1) is 35.1. The molecular weight excluding hydrogens is 678 g/mol. The maximum atomic E-state index is 13.9. The molecule has 0 unspecified atom stereocenters. The maximum absolute atomic E-state index is 13.9. The van der Waals surface area contributed by atoms with Gasteiger partial charge >= 0.3 is 6.18 Å². The van der Waals surface area contributed by atoms with E-state index < -0.39 is 39.6 Å². The summed E-state index contributed by atoms with van der Waals surface area (Å²) >= 11 is 0.759.